The normalized spacial score (nSPS) is 9.06. The molecular formula is C14H21NO3. The van der Waals surface area contributed by atoms with Gasteiger partial charge in [0, 0.05) is 12.2 Å². The van der Waals surface area contributed by atoms with E-state index < -0.39 is 0 Å². The lowest BCUT2D eigenvalue weighted by atomic mass is 10.2. The number of amides is 2. The molecule has 100 valence electrons. The van der Waals surface area contributed by atoms with Crippen LogP contribution >= 0.6 is 0 Å². The van der Waals surface area contributed by atoms with Crippen molar-refractivity contribution < 1.29 is 14.3 Å². The smallest absolute Gasteiger partial charge is 0.260 e. The zero-order chi connectivity index (χ0) is 13.8. The number of carbonyl (C=O) groups excluding carboxylic acids is 2. The van der Waals surface area contributed by atoms with Gasteiger partial charge in [0.1, 0.15) is 0 Å². The van der Waals surface area contributed by atoms with Crippen LogP contribution in [-0.2, 0) is 9.53 Å². The molecule has 1 rings (SSSR count). The van der Waals surface area contributed by atoms with Crippen molar-refractivity contribution in [3.05, 3.63) is 35.9 Å². The molecule has 0 N–H and O–H groups in total. The van der Waals surface area contributed by atoms with Crippen molar-refractivity contribution in [3.63, 3.8) is 0 Å². The second-order valence-corrected chi connectivity index (χ2v) is 3.17. The number of hydrogen-bond acceptors (Lipinski definition) is 3. The third-order valence-electron chi connectivity index (χ3n) is 2.09. The SMILES string of the molecule is CC.CCOCCN(C=O)C(=O)c1ccccc1. The predicted octanol–water partition coefficient (Wildman–Crippen LogP) is 2.35. The van der Waals surface area contributed by atoms with Gasteiger partial charge in [0.2, 0.25) is 6.41 Å². The fourth-order valence-corrected chi connectivity index (χ4v) is 1.26. The Kier molecular flexibility index (Phi) is 9.50. The lowest BCUT2D eigenvalue weighted by Crippen LogP contribution is -2.32. The predicted molar refractivity (Wildman–Crippen MR) is 71.4 cm³/mol. The van der Waals surface area contributed by atoms with Crippen LogP contribution in [0.5, 0.6) is 0 Å². The van der Waals surface area contributed by atoms with Crippen LogP contribution in [0.25, 0.3) is 0 Å². The fourth-order valence-electron chi connectivity index (χ4n) is 1.26. The maximum absolute atomic E-state index is 11.8. The molecule has 0 atom stereocenters. The minimum Gasteiger partial charge on any atom is -0.380 e. The van der Waals surface area contributed by atoms with E-state index in [1.807, 2.05) is 26.8 Å². The van der Waals surface area contributed by atoms with Crippen molar-refractivity contribution in [1.82, 2.24) is 4.90 Å². The molecule has 0 aromatic heterocycles. The number of nitrogens with zero attached hydrogens (tertiary/aromatic N) is 1. The lowest BCUT2D eigenvalue weighted by Gasteiger charge is -2.15. The van der Waals surface area contributed by atoms with Crippen LogP contribution in [-0.4, -0.2) is 37.0 Å². The Labute approximate surface area is 109 Å². The van der Waals surface area contributed by atoms with E-state index in [2.05, 4.69) is 0 Å². The summed E-state index contributed by atoms with van der Waals surface area (Å²) in [5.41, 5.74) is 0.506. The standard InChI is InChI=1S/C12H15NO3.C2H6/c1-2-16-9-8-13(10-14)12(15)11-6-4-3-5-7-11;1-2/h3-7,10H,2,8-9H2,1H3;1-2H3. The van der Waals surface area contributed by atoms with E-state index in [9.17, 15) is 9.59 Å². The highest BCUT2D eigenvalue weighted by molar-refractivity contribution is 5.99. The first kappa shape index (κ1) is 16.3. The third kappa shape index (κ3) is 5.59. The average molecular weight is 251 g/mol. The molecule has 1 aromatic carbocycles. The molecule has 18 heavy (non-hydrogen) atoms. The number of benzene rings is 1. The summed E-state index contributed by atoms with van der Waals surface area (Å²) in [5.74, 6) is -0.296. The second kappa shape index (κ2) is 10.5. The molecule has 0 unspecified atom stereocenters. The Bertz CT molecular complexity index is 338. The molecule has 0 fully saturated rings. The van der Waals surface area contributed by atoms with Gasteiger partial charge in [-0.25, -0.2) is 0 Å². The molecule has 0 heterocycles. The zero-order valence-electron chi connectivity index (χ0n) is 11.3. The molecule has 0 radical (unpaired) electrons. The summed E-state index contributed by atoms with van der Waals surface area (Å²) >= 11 is 0. The Balaban J connectivity index is 0.00000137. The van der Waals surface area contributed by atoms with E-state index in [1.54, 1.807) is 24.3 Å². The van der Waals surface area contributed by atoms with Crippen LogP contribution in [0.4, 0.5) is 0 Å². The monoisotopic (exact) mass is 251 g/mol. The first-order valence-corrected chi connectivity index (χ1v) is 6.18. The lowest BCUT2D eigenvalue weighted by molar-refractivity contribution is -0.116. The summed E-state index contributed by atoms with van der Waals surface area (Å²) in [5, 5.41) is 0. The van der Waals surface area contributed by atoms with Crippen molar-refractivity contribution in [3.8, 4) is 0 Å². The molecule has 0 aliphatic rings. The minimum atomic E-state index is -0.296. The van der Waals surface area contributed by atoms with Crippen LogP contribution < -0.4 is 0 Å². The highest BCUT2D eigenvalue weighted by atomic mass is 16.5. The van der Waals surface area contributed by atoms with E-state index in [0.717, 1.165) is 4.90 Å². The molecule has 0 aliphatic carbocycles. The quantitative estimate of drug-likeness (QED) is 0.576. The minimum absolute atomic E-state index is 0.283. The molecule has 4 nitrogen and oxygen atoms in total. The van der Waals surface area contributed by atoms with Crippen molar-refractivity contribution >= 4 is 12.3 Å². The number of hydrogen-bond donors (Lipinski definition) is 0. The van der Waals surface area contributed by atoms with Gasteiger partial charge in [0.25, 0.3) is 5.91 Å². The Morgan fingerprint density at radius 2 is 1.89 bits per heavy atom. The van der Waals surface area contributed by atoms with Gasteiger partial charge in [0.15, 0.2) is 0 Å². The zero-order valence-corrected chi connectivity index (χ0v) is 11.3. The number of ether oxygens (including phenoxy) is 1. The topological polar surface area (TPSA) is 46.6 Å². The highest BCUT2D eigenvalue weighted by Gasteiger charge is 2.13. The fraction of sp³-hybridized carbons (Fsp3) is 0.429. The van der Waals surface area contributed by atoms with Gasteiger partial charge in [0.05, 0.1) is 13.2 Å². The molecule has 0 bridgehead atoms. The van der Waals surface area contributed by atoms with Gasteiger partial charge in [-0.15, -0.1) is 0 Å². The Morgan fingerprint density at radius 3 is 2.39 bits per heavy atom. The van der Waals surface area contributed by atoms with E-state index >= 15 is 0 Å². The van der Waals surface area contributed by atoms with Crippen LogP contribution in [0.2, 0.25) is 0 Å². The molecule has 0 aliphatic heterocycles. The van der Waals surface area contributed by atoms with Crippen molar-refractivity contribution in [2.45, 2.75) is 20.8 Å². The molecular weight excluding hydrogens is 230 g/mol. The summed E-state index contributed by atoms with van der Waals surface area (Å²) in [4.78, 5) is 23.7. The van der Waals surface area contributed by atoms with Gasteiger partial charge < -0.3 is 4.74 Å². The van der Waals surface area contributed by atoms with Gasteiger partial charge in [-0.2, -0.15) is 0 Å². The van der Waals surface area contributed by atoms with E-state index in [1.165, 1.54) is 0 Å². The van der Waals surface area contributed by atoms with Crippen LogP contribution in [0.15, 0.2) is 30.3 Å². The summed E-state index contributed by atoms with van der Waals surface area (Å²) in [7, 11) is 0. The molecule has 0 saturated carbocycles. The second-order valence-electron chi connectivity index (χ2n) is 3.17. The van der Waals surface area contributed by atoms with Gasteiger partial charge in [-0.3, -0.25) is 14.5 Å². The first-order valence-electron chi connectivity index (χ1n) is 6.18. The molecule has 0 spiro atoms. The molecule has 1 aromatic rings. The maximum atomic E-state index is 11.8. The van der Waals surface area contributed by atoms with E-state index in [0.29, 0.717) is 25.2 Å². The number of carbonyl (C=O) groups is 2. The molecule has 2 amide bonds. The van der Waals surface area contributed by atoms with Crippen molar-refractivity contribution in [2.75, 3.05) is 19.8 Å². The molecule has 4 heteroatoms. The summed E-state index contributed by atoms with van der Waals surface area (Å²) in [6, 6.07) is 8.71. The Hall–Kier alpha value is -1.68. The van der Waals surface area contributed by atoms with E-state index in [4.69, 9.17) is 4.74 Å². The van der Waals surface area contributed by atoms with Gasteiger partial charge in [-0.05, 0) is 19.1 Å². The first-order chi connectivity index (χ1) is 8.79. The summed E-state index contributed by atoms with van der Waals surface area (Å²) < 4.78 is 5.10. The van der Waals surface area contributed by atoms with E-state index in [-0.39, 0.29) is 12.5 Å². The maximum Gasteiger partial charge on any atom is 0.260 e. The van der Waals surface area contributed by atoms with Crippen molar-refractivity contribution in [2.24, 2.45) is 0 Å². The molecule has 0 saturated heterocycles. The van der Waals surface area contributed by atoms with Gasteiger partial charge in [-0.1, -0.05) is 32.0 Å². The van der Waals surface area contributed by atoms with Crippen LogP contribution in [0.1, 0.15) is 31.1 Å². The van der Waals surface area contributed by atoms with Gasteiger partial charge >= 0.3 is 0 Å². The van der Waals surface area contributed by atoms with Crippen molar-refractivity contribution in [1.29, 1.82) is 0 Å². The highest BCUT2D eigenvalue weighted by Crippen LogP contribution is 2.02. The summed E-state index contributed by atoms with van der Waals surface area (Å²) in [6.45, 7) is 7.09. The third-order valence-corrected chi connectivity index (χ3v) is 2.09. The number of rotatable bonds is 6. The number of imide groups is 1. The largest absolute Gasteiger partial charge is 0.380 e. The van der Waals surface area contributed by atoms with Crippen LogP contribution in [0, 0.1) is 0 Å². The Morgan fingerprint density at radius 1 is 1.28 bits per heavy atom. The average Bonchev–Trinajstić information content (AvgIpc) is 2.46. The summed E-state index contributed by atoms with van der Waals surface area (Å²) in [6.07, 6.45) is 0.536. The van der Waals surface area contributed by atoms with Crippen LogP contribution in [0.3, 0.4) is 0 Å².